The van der Waals surface area contributed by atoms with E-state index in [2.05, 4.69) is 25.6 Å². The fraction of sp³-hybridized carbons (Fsp3) is 0.143. The van der Waals surface area contributed by atoms with Crippen molar-refractivity contribution in [1.29, 1.82) is 0 Å². The molecule has 0 aromatic carbocycles. The molecule has 0 spiro atoms. The monoisotopic (exact) mass is 314 g/mol. The van der Waals surface area contributed by atoms with Crippen LogP contribution in [0.3, 0.4) is 0 Å². The molecule has 3 aromatic heterocycles. The minimum Gasteiger partial charge on any atom is -0.333 e. The number of imidazole rings is 1. The Kier molecular flexibility index (Phi) is 4.10. The summed E-state index contributed by atoms with van der Waals surface area (Å²) in [5.41, 5.74) is 0. The molecule has 7 nitrogen and oxygen atoms in total. The molecule has 0 aliphatic heterocycles. The van der Waals surface area contributed by atoms with Gasteiger partial charge >= 0.3 is 6.03 Å². The van der Waals surface area contributed by atoms with E-state index >= 15 is 0 Å². The van der Waals surface area contributed by atoms with E-state index in [0.717, 1.165) is 10.7 Å². The first kappa shape index (κ1) is 14.2. The van der Waals surface area contributed by atoms with Gasteiger partial charge in [0.15, 0.2) is 0 Å². The third kappa shape index (κ3) is 3.29. The number of rotatable bonds is 4. The lowest BCUT2D eigenvalue weighted by molar-refractivity contribution is 0.252. The Bertz CT molecular complexity index is 767. The summed E-state index contributed by atoms with van der Waals surface area (Å²) in [7, 11) is 0. The van der Waals surface area contributed by atoms with Gasteiger partial charge in [-0.1, -0.05) is 6.07 Å². The third-order valence-electron chi connectivity index (χ3n) is 2.97. The number of nitrogens with zero attached hydrogens (tertiary/aromatic N) is 4. The Morgan fingerprint density at radius 1 is 1.36 bits per heavy atom. The molecule has 0 fully saturated rings. The van der Waals surface area contributed by atoms with Crippen molar-refractivity contribution in [1.82, 2.24) is 24.8 Å². The number of carbonyl (C=O) groups excluding carboxylic acids is 1. The Morgan fingerprint density at radius 3 is 3.00 bits per heavy atom. The third-order valence-corrected chi connectivity index (χ3v) is 3.85. The van der Waals surface area contributed by atoms with Crippen LogP contribution in [0, 0.1) is 6.92 Å². The van der Waals surface area contributed by atoms with Crippen LogP contribution in [0.25, 0.3) is 5.82 Å². The van der Waals surface area contributed by atoms with Crippen LogP contribution >= 0.6 is 11.3 Å². The molecular weight excluding hydrogens is 300 g/mol. The van der Waals surface area contributed by atoms with E-state index in [1.54, 1.807) is 29.8 Å². The van der Waals surface area contributed by atoms with Gasteiger partial charge in [0.1, 0.15) is 23.8 Å². The Morgan fingerprint density at radius 2 is 2.27 bits per heavy atom. The minimum atomic E-state index is -0.305. The van der Waals surface area contributed by atoms with Gasteiger partial charge in [-0.25, -0.2) is 19.7 Å². The van der Waals surface area contributed by atoms with E-state index in [9.17, 15) is 4.79 Å². The molecule has 0 bridgehead atoms. The summed E-state index contributed by atoms with van der Waals surface area (Å²) < 4.78 is 1.82. The molecule has 3 heterocycles. The molecular formula is C14H14N6OS. The maximum absolute atomic E-state index is 11.9. The Hall–Kier alpha value is -2.74. The second kappa shape index (κ2) is 6.35. The van der Waals surface area contributed by atoms with Gasteiger partial charge in [0, 0.05) is 23.3 Å². The van der Waals surface area contributed by atoms with Crippen LogP contribution in [0.1, 0.15) is 10.7 Å². The predicted octanol–water partition coefficient (Wildman–Crippen LogP) is 2.35. The van der Waals surface area contributed by atoms with Gasteiger partial charge in [0.2, 0.25) is 0 Å². The highest BCUT2D eigenvalue weighted by atomic mass is 32.1. The van der Waals surface area contributed by atoms with Gasteiger partial charge in [-0.3, -0.25) is 9.88 Å². The number of nitrogens with one attached hydrogen (secondary N) is 2. The molecule has 2 N–H and O–H groups in total. The summed E-state index contributed by atoms with van der Waals surface area (Å²) in [5.74, 6) is 1.90. The normalized spacial score (nSPS) is 10.4. The van der Waals surface area contributed by atoms with Crippen LogP contribution in [-0.4, -0.2) is 25.6 Å². The number of aryl methyl sites for hydroxylation is 1. The second-order valence-corrected chi connectivity index (χ2v) is 5.53. The standard InChI is InChI=1S/C14H14N6OS/c1-10-15-4-5-20(10)13-7-12(17-9-18-13)19-14(21)16-8-11-3-2-6-22-11/h2-7,9H,8H2,1H3,(H2,16,17,18,19,21). The van der Waals surface area contributed by atoms with Crippen molar-refractivity contribution < 1.29 is 4.79 Å². The summed E-state index contributed by atoms with van der Waals surface area (Å²) in [5, 5.41) is 7.45. The van der Waals surface area contributed by atoms with Gasteiger partial charge in [-0.15, -0.1) is 11.3 Å². The van der Waals surface area contributed by atoms with Gasteiger partial charge in [-0.05, 0) is 18.4 Å². The van der Waals surface area contributed by atoms with Crippen LogP contribution < -0.4 is 10.6 Å². The lowest BCUT2D eigenvalue weighted by Gasteiger charge is -2.08. The van der Waals surface area contributed by atoms with Crippen LogP contribution in [0.2, 0.25) is 0 Å². The zero-order valence-corrected chi connectivity index (χ0v) is 12.7. The van der Waals surface area contributed by atoms with Gasteiger partial charge < -0.3 is 5.32 Å². The van der Waals surface area contributed by atoms with Crippen LogP contribution in [0.5, 0.6) is 0 Å². The highest BCUT2D eigenvalue weighted by Gasteiger charge is 2.07. The SMILES string of the molecule is Cc1nccn1-c1cc(NC(=O)NCc2cccs2)ncn1. The highest BCUT2D eigenvalue weighted by molar-refractivity contribution is 7.09. The molecule has 0 aliphatic carbocycles. The zero-order chi connectivity index (χ0) is 15.4. The maximum atomic E-state index is 11.9. The van der Waals surface area contributed by atoms with E-state index < -0.39 is 0 Å². The largest absolute Gasteiger partial charge is 0.333 e. The molecule has 0 aliphatic rings. The predicted molar refractivity (Wildman–Crippen MR) is 84.1 cm³/mol. The molecule has 0 saturated heterocycles. The molecule has 3 rings (SSSR count). The molecule has 2 amide bonds. The molecule has 8 heteroatoms. The quantitative estimate of drug-likeness (QED) is 0.774. The second-order valence-electron chi connectivity index (χ2n) is 4.49. The summed E-state index contributed by atoms with van der Waals surface area (Å²) in [6, 6.07) is 5.30. The van der Waals surface area contributed by atoms with Crippen molar-refractivity contribution in [3.63, 3.8) is 0 Å². The number of hydrogen-bond donors (Lipinski definition) is 2. The van der Waals surface area contributed by atoms with Crippen molar-refractivity contribution in [2.75, 3.05) is 5.32 Å². The smallest absolute Gasteiger partial charge is 0.320 e. The van der Waals surface area contributed by atoms with E-state index in [1.165, 1.54) is 6.33 Å². The lowest BCUT2D eigenvalue weighted by atomic mass is 10.4. The first-order chi connectivity index (χ1) is 10.7. The molecule has 112 valence electrons. The fourth-order valence-corrected chi connectivity index (χ4v) is 2.55. The molecule has 0 atom stereocenters. The summed E-state index contributed by atoms with van der Waals surface area (Å²) >= 11 is 1.60. The number of hydrogen-bond acceptors (Lipinski definition) is 5. The molecule has 0 radical (unpaired) electrons. The Balaban J connectivity index is 1.65. The van der Waals surface area contributed by atoms with Crippen molar-refractivity contribution in [2.24, 2.45) is 0 Å². The molecule has 0 saturated carbocycles. The van der Waals surface area contributed by atoms with Crippen LogP contribution in [-0.2, 0) is 6.54 Å². The van der Waals surface area contributed by atoms with Gasteiger partial charge in [0.05, 0.1) is 6.54 Å². The molecule has 22 heavy (non-hydrogen) atoms. The Labute approximate surface area is 131 Å². The van der Waals surface area contributed by atoms with Crippen molar-refractivity contribution in [3.05, 3.63) is 53.0 Å². The lowest BCUT2D eigenvalue weighted by Crippen LogP contribution is -2.28. The van der Waals surface area contributed by atoms with E-state index in [0.29, 0.717) is 18.2 Å². The molecule has 3 aromatic rings. The fourth-order valence-electron chi connectivity index (χ4n) is 1.91. The minimum absolute atomic E-state index is 0.305. The average molecular weight is 314 g/mol. The number of aromatic nitrogens is 4. The summed E-state index contributed by atoms with van der Waals surface area (Å²) in [6.45, 7) is 2.37. The molecule has 0 unspecified atom stereocenters. The maximum Gasteiger partial charge on any atom is 0.320 e. The number of urea groups is 1. The van der Waals surface area contributed by atoms with Crippen molar-refractivity contribution in [2.45, 2.75) is 13.5 Å². The highest BCUT2D eigenvalue weighted by Crippen LogP contribution is 2.11. The summed E-state index contributed by atoms with van der Waals surface area (Å²) in [4.78, 5) is 25.3. The van der Waals surface area contributed by atoms with Gasteiger partial charge in [-0.2, -0.15) is 0 Å². The van der Waals surface area contributed by atoms with E-state index in [1.807, 2.05) is 29.0 Å². The number of amides is 2. The number of carbonyl (C=O) groups is 1. The van der Waals surface area contributed by atoms with E-state index in [4.69, 9.17) is 0 Å². The topological polar surface area (TPSA) is 84.7 Å². The number of thiophene rings is 1. The number of anilines is 1. The first-order valence-electron chi connectivity index (χ1n) is 6.62. The average Bonchev–Trinajstić information content (AvgIpc) is 3.16. The van der Waals surface area contributed by atoms with Crippen molar-refractivity contribution >= 4 is 23.2 Å². The van der Waals surface area contributed by atoms with Crippen LogP contribution in [0.4, 0.5) is 10.6 Å². The first-order valence-corrected chi connectivity index (χ1v) is 7.50. The van der Waals surface area contributed by atoms with Crippen molar-refractivity contribution in [3.8, 4) is 5.82 Å². The summed E-state index contributed by atoms with van der Waals surface area (Å²) in [6.07, 6.45) is 4.90. The van der Waals surface area contributed by atoms with E-state index in [-0.39, 0.29) is 6.03 Å². The van der Waals surface area contributed by atoms with Gasteiger partial charge in [0.25, 0.3) is 0 Å². The van der Waals surface area contributed by atoms with Crippen LogP contribution in [0.15, 0.2) is 42.3 Å². The zero-order valence-electron chi connectivity index (χ0n) is 11.9.